The van der Waals surface area contributed by atoms with Gasteiger partial charge in [0.2, 0.25) is 10.0 Å². The van der Waals surface area contributed by atoms with Gasteiger partial charge in [-0.05, 0) is 35.9 Å². The van der Waals surface area contributed by atoms with Crippen LogP contribution in [0.5, 0.6) is 0 Å². The number of benzene rings is 1. The first-order chi connectivity index (χ1) is 9.00. The first-order valence-corrected chi connectivity index (χ1v) is 7.15. The molecule has 0 bridgehead atoms. The molecular weight excluding hydrogens is 262 g/mol. The van der Waals surface area contributed by atoms with E-state index in [1.165, 1.54) is 16.4 Å². The number of sulfonamides is 1. The molecule has 2 aromatic rings. The molecule has 2 rings (SSSR count). The van der Waals surface area contributed by atoms with Crippen molar-refractivity contribution >= 4 is 15.7 Å². The molecule has 0 fully saturated rings. The quantitative estimate of drug-likeness (QED) is 0.859. The summed E-state index contributed by atoms with van der Waals surface area (Å²) in [4.78, 5) is 4.10. The lowest BCUT2D eigenvalue weighted by Gasteiger charge is -2.17. The Labute approximate surface area is 112 Å². The number of rotatable bonds is 4. The monoisotopic (exact) mass is 277 g/mol. The zero-order valence-electron chi connectivity index (χ0n) is 10.5. The van der Waals surface area contributed by atoms with Crippen molar-refractivity contribution in [1.82, 2.24) is 9.29 Å². The summed E-state index contributed by atoms with van der Waals surface area (Å²) in [6.45, 7) is 0.291. The topological polar surface area (TPSA) is 76.3 Å². The number of aromatic nitrogens is 1. The number of nitrogens with two attached hydrogens (primary N) is 1. The summed E-state index contributed by atoms with van der Waals surface area (Å²) in [5.74, 6) is 0. The molecule has 6 heteroatoms. The highest BCUT2D eigenvalue weighted by atomic mass is 32.2. The van der Waals surface area contributed by atoms with Gasteiger partial charge in [0.1, 0.15) is 0 Å². The maximum atomic E-state index is 12.3. The van der Waals surface area contributed by atoms with E-state index in [1.54, 1.807) is 43.7 Å². The third-order valence-corrected chi connectivity index (χ3v) is 4.52. The highest BCUT2D eigenvalue weighted by molar-refractivity contribution is 7.89. The van der Waals surface area contributed by atoms with E-state index in [9.17, 15) is 8.42 Å². The SMILES string of the molecule is CN(Cc1ccncc1)S(=O)(=O)c1cccc(N)c1. The average Bonchev–Trinajstić information content (AvgIpc) is 2.40. The lowest BCUT2D eigenvalue weighted by molar-refractivity contribution is 0.466. The van der Waals surface area contributed by atoms with E-state index in [-0.39, 0.29) is 4.90 Å². The molecule has 0 saturated carbocycles. The van der Waals surface area contributed by atoms with Gasteiger partial charge in [-0.25, -0.2) is 8.42 Å². The Balaban J connectivity index is 2.25. The fourth-order valence-electron chi connectivity index (χ4n) is 1.69. The molecule has 1 aromatic carbocycles. The van der Waals surface area contributed by atoms with E-state index >= 15 is 0 Å². The first kappa shape index (κ1) is 13.5. The number of anilines is 1. The summed E-state index contributed by atoms with van der Waals surface area (Å²) in [5.41, 5.74) is 6.93. The van der Waals surface area contributed by atoms with E-state index in [4.69, 9.17) is 5.73 Å². The van der Waals surface area contributed by atoms with E-state index in [0.29, 0.717) is 12.2 Å². The van der Waals surface area contributed by atoms with E-state index in [1.807, 2.05) is 0 Å². The number of nitrogen functional groups attached to an aromatic ring is 1. The van der Waals surface area contributed by atoms with Gasteiger partial charge in [-0.15, -0.1) is 0 Å². The van der Waals surface area contributed by atoms with Crippen LogP contribution in [0.15, 0.2) is 53.7 Å². The Morgan fingerprint density at radius 1 is 1.21 bits per heavy atom. The second-order valence-electron chi connectivity index (χ2n) is 4.19. The minimum Gasteiger partial charge on any atom is -0.399 e. The van der Waals surface area contributed by atoms with Crippen molar-refractivity contribution in [3.05, 3.63) is 54.4 Å². The second kappa shape index (κ2) is 5.38. The molecule has 100 valence electrons. The average molecular weight is 277 g/mol. The number of pyridine rings is 1. The standard InChI is InChI=1S/C13H15N3O2S/c1-16(10-11-5-7-15-8-6-11)19(17,18)13-4-2-3-12(14)9-13/h2-9H,10,14H2,1H3. The molecule has 0 aliphatic heterocycles. The van der Waals surface area contributed by atoms with Crippen LogP contribution < -0.4 is 5.73 Å². The summed E-state index contributed by atoms with van der Waals surface area (Å²) in [5, 5.41) is 0. The third kappa shape index (κ3) is 3.10. The fourth-order valence-corrected chi connectivity index (χ4v) is 2.90. The van der Waals surface area contributed by atoms with Gasteiger partial charge < -0.3 is 5.73 Å². The summed E-state index contributed by atoms with van der Waals surface area (Å²) in [6.07, 6.45) is 3.27. The molecule has 0 aliphatic carbocycles. The van der Waals surface area contributed by atoms with Crippen LogP contribution in [0.25, 0.3) is 0 Å². The van der Waals surface area contributed by atoms with E-state index < -0.39 is 10.0 Å². The van der Waals surface area contributed by atoms with Crippen LogP contribution in [0.4, 0.5) is 5.69 Å². The highest BCUT2D eigenvalue weighted by Crippen LogP contribution is 2.18. The van der Waals surface area contributed by atoms with Gasteiger partial charge in [-0.2, -0.15) is 4.31 Å². The summed E-state index contributed by atoms with van der Waals surface area (Å²) in [7, 11) is -1.99. The Hall–Kier alpha value is -1.92. The van der Waals surface area contributed by atoms with Crippen LogP contribution in [0.3, 0.4) is 0 Å². The van der Waals surface area contributed by atoms with Crippen LogP contribution >= 0.6 is 0 Å². The van der Waals surface area contributed by atoms with Gasteiger partial charge in [-0.1, -0.05) is 6.07 Å². The van der Waals surface area contributed by atoms with Crippen molar-refractivity contribution in [2.75, 3.05) is 12.8 Å². The van der Waals surface area contributed by atoms with Crippen LogP contribution in [0, 0.1) is 0 Å². The van der Waals surface area contributed by atoms with E-state index in [0.717, 1.165) is 5.56 Å². The highest BCUT2D eigenvalue weighted by Gasteiger charge is 2.20. The molecule has 2 N–H and O–H groups in total. The first-order valence-electron chi connectivity index (χ1n) is 5.71. The maximum Gasteiger partial charge on any atom is 0.243 e. The summed E-state index contributed by atoms with van der Waals surface area (Å²) < 4.78 is 26.0. The zero-order chi connectivity index (χ0) is 13.9. The van der Waals surface area contributed by atoms with Gasteiger partial charge in [-0.3, -0.25) is 4.98 Å². The van der Waals surface area contributed by atoms with Gasteiger partial charge >= 0.3 is 0 Å². The minimum atomic E-state index is -3.53. The van der Waals surface area contributed by atoms with Crippen molar-refractivity contribution in [3.63, 3.8) is 0 Å². The Kier molecular flexibility index (Phi) is 3.82. The van der Waals surface area contributed by atoms with Gasteiger partial charge in [0.05, 0.1) is 4.90 Å². The van der Waals surface area contributed by atoms with Gasteiger partial charge in [0.25, 0.3) is 0 Å². The number of hydrogen-bond donors (Lipinski definition) is 1. The Morgan fingerprint density at radius 3 is 2.53 bits per heavy atom. The predicted molar refractivity (Wildman–Crippen MR) is 73.7 cm³/mol. The molecule has 0 spiro atoms. The van der Waals surface area contributed by atoms with Gasteiger partial charge in [0, 0.05) is 31.7 Å². The van der Waals surface area contributed by atoms with Crippen molar-refractivity contribution in [2.24, 2.45) is 0 Å². The molecule has 0 amide bonds. The van der Waals surface area contributed by atoms with Crippen LogP contribution in [0.2, 0.25) is 0 Å². The number of nitrogens with zero attached hydrogens (tertiary/aromatic N) is 2. The van der Waals surface area contributed by atoms with Gasteiger partial charge in [0.15, 0.2) is 0 Å². The summed E-state index contributed by atoms with van der Waals surface area (Å²) >= 11 is 0. The van der Waals surface area contributed by atoms with Crippen LogP contribution in [-0.4, -0.2) is 24.8 Å². The van der Waals surface area contributed by atoms with Crippen molar-refractivity contribution < 1.29 is 8.42 Å². The largest absolute Gasteiger partial charge is 0.399 e. The fraction of sp³-hybridized carbons (Fsp3) is 0.154. The maximum absolute atomic E-state index is 12.3. The second-order valence-corrected chi connectivity index (χ2v) is 6.23. The van der Waals surface area contributed by atoms with Crippen LogP contribution in [-0.2, 0) is 16.6 Å². The smallest absolute Gasteiger partial charge is 0.243 e. The predicted octanol–water partition coefficient (Wildman–Crippen LogP) is 1.48. The molecule has 0 radical (unpaired) electrons. The van der Waals surface area contributed by atoms with Crippen molar-refractivity contribution in [3.8, 4) is 0 Å². The van der Waals surface area contributed by atoms with E-state index in [2.05, 4.69) is 4.98 Å². The van der Waals surface area contributed by atoms with Crippen LogP contribution in [0.1, 0.15) is 5.56 Å². The number of hydrogen-bond acceptors (Lipinski definition) is 4. The molecule has 19 heavy (non-hydrogen) atoms. The Bertz CT molecular complexity index is 657. The third-order valence-electron chi connectivity index (χ3n) is 2.72. The minimum absolute atomic E-state index is 0.198. The zero-order valence-corrected chi connectivity index (χ0v) is 11.3. The molecule has 0 unspecified atom stereocenters. The molecule has 1 aromatic heterocycles. The molecule has 0 aliphatic rings. The molecule has 1 heterocycles. The van der Waals surface area contributed by atoms with Crippen molar-refractivity contribution in [2.45, 2.75) is 11.4 Å². The lowest BCUT2D eigenvalue weighted by Crippen LogP contribution is -2.26. The molecule has 0 atom stereocenters. The normalized spacial score (nSPS) is 11.7. The summed E-state index contributed by atoms with van der Waals surface area (Å²) in [6, 6.07) is 9.84. The molecular formula is C13H15N3O2S. The lowest BCUT2D eigenvalue weighted by atomic mass is 10.3. The molecule has 0 saturated heterocycles. The molecule has 5 nitrogen and oxygen atoms in total. The van der Waals surface area contributed by atoms with Crippen molar-refractivity contribution in [1.29, 1.82) is 0 Å². The Morgan fingerprint density at radius 2 is 1.89 bits per heavy atom.